The fourth-order valence-corrected chi connectivity index (χ4v) is 1.40. The molecule has 0 heterocycles. The monoisotopic (exact) mass is 211 g/mol. The molecular formula is C12H18FNO. The molecule has 3 heteroatoms. The Bertz CT molecular complexity index is 301. The maximum atomic E-state index is 12.9. The van der Waals surface area contributed by atoms with E-state index < -0.39 is 0 Å². The van der Waals surface area contributed by atoms with Gasteiger partial charge in [-0.2, -0.15) is 0 Å². The number of nitrogens with one attached hydrogen (secondary N) is 1. The van der Waals surface area contributed by atoms with Crippen molar-refractivity contribution >= 4 is 0 Å². The van der Waals surface area contributed by atoms with Crippen LogP contribution >= 0.6 is 0 Å². The van der Waals surface area contributed by atoms with Crippen LogP contribution in [-0.2, 0) is 0 Å². The van der Waals surface area contributed by atoms with Crippen molar-refractivity contribution in [3.05, 3.63) is 35.6 Å². The van der Waals surface area contributed by atoms with Crippen molar-refractivity contribution in [1.29, 1.82) is 0 Å². The zero-order valence-electron chi connectivity index (χ0n) is 9.20. The van der Waals surface area contributed by atoms with Gasteiger partial charge in [0.25, 0.3) is 0 Å². The van der Waals surface area contributed by atoms with Crippen LogP contribution in [-0.4, -0.2) is 17.8 Å². The lowest BCUT2D eigenvalue weighted by Gasteiger charge is -2.14. The van der Waals surface area contributed by atoms with Gasteiger partial charge in [0.15, 0.2) is 0 Å². The predicted octanol–water partition coefficient (Wildman–Crippen LogP) is 2.25. The van der Waals surface area contributed by atoms with Crippen molar-refractivity contribution in [2.45, 2.75) is 32.4 Å². The van der Waals surface area contributed by atoms with Gasteiger partial charge in [-0.3, -0.25) is 0 Å². The molecule has 0 radical (unpaired) electrons. The van der Waals surface area contributed by atoms with E-state index in [-0.39, 0.29) is 18.0 Å². The average Bonchev–Trinajstić information content (AvgIpc) is 2.17. The third-order valence-electron chi connectivity index (χ3n) is 2.36. The molecule has 0 unspecified atom stereocenters. The molecule has 0 spiro atoms. The highest BCUT2D eigenvalue weighted by Gasteiger charge is 2.05. The highest BCUT2D eigenvalue weighted by molar-refractivity contribution is 5.19. The minimum atomic E-state index is -0.294. The average molecular weight is 211 g/mol. The van der Waals surface area contributed by atoms with Crippen LogP contribution < -0.4 is 5.32 Å². The van der Waals surface area contributed by atoms with Crippen molar-refractivity contribution in [2.24, 2.45) is 0 Å². The summed E-state index contributed by atoms with van der Waals surface area (Å²) >= 11 is 0. The van der Waals surface area contributed by atoms with E-state index in [1.54, 1.807) is 13.0 Å². The summed E-state index contributed by atoms with van der Waals surface area (Å²) in [6, 6.07) is 6.67. The third-order valence-corrected chi connectivity index (χ3v) is 2.36. The molecular weight excluding hydrogens is 193 g/mol. The summed E-state index contributed by atoms with van der Waals surface area (Å²) < 4.78 is 12.9. The van der Waals surface area contributed by atoms with E-state index in [1.807, 2.05) is 13.0 Å². The van der Waals surface area contributed by atoms with Crippen LogP contribution in [0.3, 0.4) is 0 Å². The Morgan fingerprint density at radius 3 is 2.73 bits per heavy atom. The number of hydrogen-bond acceptors (Lipinski definition) is 2. The van der Waals surface area contributed by atoms with Gasteiger partial charge in [0.1, 0.15) is 5.82 Å². The molecule has 0 bridgehead atoms. The molecule has 2 nitrogen and oxygen atoms in total. The summed E-state index contributed by atoms with van der Waals surface area (Å²) in [4.78, 5) is 0. The fourth-order valence-electron chi connectivity index (χ4n) is 1.40. The van der Waals surface area contributed by atoms with Crippen molar-refractivity contribution in [3.63, 3.8) is 0 Å². The van der Waals surface area contributed by atoms with E-state index in [0.717, 1.165) is 12.1 Å². The lowest BCUT2D eigenvalue weighted by molar-refractivity contribution is 0.182. The van der Waals surface area contributed by atoms with Crippen LogP contribution in [0.1, 0.15) is 31.9 Å². The van der Waals surface area contributed by atoms with E-state index in [9.17, 15) is 4.39 Å². The van der Waals surface area contributed by atoms with Crippen molar-refractivity contribution in [3.8, 4) is 0 Å². The van der Waals surface area contributed by atoms with E-state index in [0.29, 0.717) is 6.42 Å². The van der Waals surface area contributed by atoms with Gasteiger partial charge in [-0.1, -0.05) is 12.1 Å². The van der Waals surface area contributed by atoms with E-state index in [2.05, 4.69) is 5.32 Å². The Labute approximate surface area is 90.1 Å². The second-order valence-corrected chi connectivity index (χ2v) is 3.87. The second-order valence-electron chi connectivity index (χ2n) is 3.87. The smallest absolute Gasteiger partial charge is 0.123 e. The Balaban J connectivity index is 2.43. The molecule has 1 aromatic rings. The zero-order chi connectivity index (χ0) is 11.3. The molecule has 1 rings (SSSR count). The summed E-state index contributed by atoms with van der Waals surface area (Å²) in [6.07, 6.45) is 0.414. The van der Waals surface area contributed by atoms with Gasteiger partial charge in [0.05, 0.1) is 6.10 Å². The third kappa shape index (κ3) is 4.40. The first-order chi connectivity index (χ1) is 7.09. The summed E-state index contributed by atoms with van der Waals surface area (Å²) in [5.41, 5.74) is 0.931. The van der Waals surface area contributed by atoms with Gasteiger partial charge in [-0.05, 0) is 44.5 Å². The van der Waals surface area contributed by atoms with E-state index >= 15 is 0 Å². The van der Waals surface area contributed by atoms with Crippen LogP contribution in [0.25, 0.3) is 0 Å². The largest absolute Gasteiger partial charge is 0.393 e. The van der Waals surface area contributed by atoms with Gasteiger partial charge in [0, 0.05) is 6.04 Å². The highest BCUT2D eigenvalue weighted by atomic mass is 19.1. The first-order valence-corrected chi connectivity index (χ1v) is 5.26. The Kier molecular flexibility index (Phi) is 4.72. The van der Waals surface area contributed by atoms with Crippen LogP contribution in [0.5, 0.6) is 0 Å². The maximum absolute atomic E-state index is 12.9. The number of hydrogen-bond donors (Lipinski definition) is 2. The molecule has 0 aliphatic rings. The van der Waals surface area contributed by atoms with E-state index in [1.165, 1.54) is 12.1 Å². The summed E-state index contributed by atoms with van der Waals surface area (Å²) in [6.45, 7) is 4.47. The Morgan fingerprint density at radius 2 is 2.13 bits per heavy atom. The van der Waals surface area contributed by atoms with Crippen molar-refractivity contribution in [1.82, 2.24) is 5.32 Å². The maximum Gasteiger partial charge on any atom is 0.123 e. The molecule has 0 aromatic heterocycles. The van der Waals surface area contributed by atoms with Crippen molar-refractivity contribution < 1.29 is 9.50 Å². The highest BCUT2D eigenvalue weighted by Crippen LogP contribution is 2.13. The number of rotatable bonds is 5. The van der Waals surface area contributed by atoms with Crippen LogP contribution in [0.2, 0.25) is 0 Å². The van der Waals surface area contributed by atoms with Gasteiger partial charge < -0.3 is 10.4 Å². The predicted molar refractivity (Wildman–Crippen MR) is 59.1 cm³/mol. The molecule has 0 saturated carbocycles. The lowest BCUT2D eigenvalue weighted by atomic mass is 10.1. The SMILES string of the molecule is C[C@H](O)CCN[C@H](C)c1cccc(F)c1. The molecule has 2 atom stereocenters. The van der Waals surface area contributed by atoms with Crippen molar-refractivity contribution in [2.75, 3.05) is 6.54 Å². The van der Waals surface area contributed by atoms with Crippen LogP contribution in [0, 0.1) is 5.82 Å². The molecule has 0 saturated heterocycles. The minimum Gasteiger partial charge on any atom is -0.393 e. The molecule has 15 heavy (non-hydrogen) atoms. The molecule has 84 valence electrons. The number of halogens is 1. The number of aliphatic hydroxyl groups excluding tert-OH is 1. The molecule has 0 aliphatic heterocycles. The number of benzene rings is 1. The Hall–Kier alpha value is -0.930. The summed E-state index contributed by atoms with van der Waals surface area (Å²) in [5, 5.41) is 12.3. The van der Waals surface area contributed by atoms with Gasteiger partial charge in [0.2, 0.25) is 0 Å². The van der Waals surface area contributed by atoms with Gasteiger partial charge in [-0.15, -0.1) is 0 Å². The minimum absolute atomic E-state index is 0.111. The first kappa shape index (κ1) is 12.1. The quantitative estimate of drug-likeness (QED) is 0.783. The zero-order valence-corrected chi connectivity index (χ0v) is 9.20. The summed E-state index contributed by atoms with van der Waals surface area (Å²) in [5.74, 6) is -0.211. The molecule has 0 aliphatic carbocycles. The van der Waals surface area contributed by atoms with Gasteiger partial charge >= 0.3 is 0 Å². The Morgan fingerprint density at radius 1 is 1.40 bits per heavy atom. The lowest BCUT2D eigenvalue weighted by Crippen LogP contribution is -2.22. The topological polar surface area (TPSA) is 32.3 Å². The molecule has 1 aromatic carbocycles. The van der Waals surface area contributed by atoms with E-state index in [4.69, 9.17) is 5.11 Å². The normalized spacial score (nSPS) is 14.9. The second kappa shape index (κ2) is 5.83. The fraction of sp³-hybridized carbons (Fsp3) is 0.500. The van der Waals surface area contributed by atoms with Crippen LogP contribution in [0.15, 0.2) is 24.3 Å². The van der Waals surface area contributed by atoms with Gasteiger partial charge in [-0.25, -0.2) is 4.39 Å². The standard InChI is InChI=1S/C12H18FNO/c1-9(15)6-7-14-10(2)11-4-3-5-12(13)8-11/h3-5,8-10,14-15H,6-7H2,1-2H3/t9-,10+/m0/s1. The molecule has 2 N–H and O–H groups in total. The number of aliphatic hydroxyl groups is 1. The molecule has 0 fully saturated rings. The first-order valence-electron chi connectivity index (χ1n) is 5.26. The molecule has 0 amide bonds. The van der Waals surface area contributed by atoms with Crippen LogP contribution in [0.4, 0.5) is 4.39 Å². The summed E-state index contributed by atoms with van der Waals surface area (Å²) in [7, 11) is 0.